The number of thioether (sulfide) groups is 1. The van der Waals surface area contributed by atoms with E-state index in [0.717, 1.165) is 23.9 Å². The zero-order valence-corrected chi connectivity index (χ0v) is 11.1. The highest BCUT2D eigenvalue weighted by Gasteiger charge is 2.36. The summed E-state index contributed by atoms with van der Waals surface area (Å²) in [5, 5.41) is 9.90. The summed E-state index contributed by atoms with van der Waals surface area (Å²) < 4.78 is 7.48. The van der Waals surface area contributed by atoms with Crippen LogP contribution in [0.2, 0.25) is 0 Å². The minimum absolute atomic E-state index is 0.700. The third-order valence-corrected chi connectivity index (χ3v) is 4.30. The number of hydrogen-bond acceptors (Lipinski definition) is 4. The fraction of sp³-hybridized carbons (Fsp3) is 0.833. The fourth-order valence-corrected chi connectivity index (χ4v) is 2.97. The van der Waals surface area contributed by atoms with E-state index < -0.39 is 0 Å². The van der Waals surface area contributed by atoms with Crippen molar-refractivity contribution in [2.75, 3.05) is 19.5 Å². The molecule has 0 bridgehead atoms. The van der Waals surface area contributed by atoms with E-state index in [9.17, 15) is 0 Å². The van der Waals surface area contributed by atoms with Crippen LogP contribution < -0.4 is 0 Å². The zero-order valence-electron chi connectivity index (χ0n) is 10.3. The molecule has 94 valence electrons. The molecular weight excluding hydrogens is 234 g/mol. The topological polar surface area (TPSA) is 39.9 Å². The third-order valence-electron chi connectivity index (χ3n) is 3.27. The highest BCUT2D eigenvalue weighted by atomic mass is 32.2. The van der Waals surface area contributed by atoms with Gasteiger partial charge in [0.05, 0.1) is 0 Å². The van der Waals surface area contributed by atoms with Crippen LogP contribution in [0.25, 0.3) is 0 Å². The van der Waals surface area contributed by atoms with Crippen LogP contribution in [-0.2, 0) is 4.74 Å². The van der Waals surface area contributed by atoms with Crippen LogP contribution in [0.15, 0.2) is 5.16 Å². The van der Waals surface area contributed by atoms with Gasteiger partial charge in [0.1, 0.15) is 5.82 Å². The molecule has 4 nitrogen and oxygen atoms in total. The molecule has 2 saturated carbocycles. The summed E-state index contributed by atoms with van der Waals surface area (Å²) in [5.74, 6) is 3.03. The molecule has 1 aromatic heterocycles. The number of hydrogen-bond donors (Lipinski definition) is 0. The second-order valence-corrected chi connectivity index (χ2v) is 5.97. The maximum absolute atomic E-state index is 5.07. The lowest BCUT2D eigenvalue weighted by molar-refractivity contribution is 0.200. The molecule has 0 unspecified atom stereocenters. The van der Waals surface area contributed by atoms with Gasteiger partial charge in [-0.2, -0.15) is 0 Å². The lowest BCUT2D eigenvalue weighted by Gasteiger charge is -2.07. The van der Waals surface area contributed by atoms with Gasteiger partial charge in [-0.3, -0.25) is 0 Å². The third kappa shape index (κ3) is 2.65. The normalized spacial score (nSPS) is 19.8. The molecule has 0 atom stereocenters. The van der Waals surface area contributed by atoms with Crippen molar-refractivity contribution >= 4 is 11.8 Å². The number of nitrogens with zero attached hydrogens (tertiary/aromatic N) is 3. The Labute approximate surface area is 106 Å². The van der Waals surface area contributed by atoms with Crippen LogP contribution >= 0.6 is 11.8 Å². The molecule has 0 radical (unpaired) electrons. The number of rotatable bonds is 7. The van der Waals surface area contributed by atoms with E-state index in [1.54, 1.807) is 7.11 Å². The maximum Gasteiger partial charge on any atom is 0.191 e. The Bertz CT molecular complexity index is 385. The van der Waals surface area contributed by atoms with Crippen molar-refractivity contribution in [2.24, 2.45) is 0 Å². The maximum atomic E-state index is 5.07. The van der Waals surface area contributed by atoms with Gasteiger partial charge in [-0.25, -0.2) is 0 Å². The van der Waals surface area contributed by atoms with Crippen molar-refractivity contribution in [1.82, 2.24) is 14.8 Å². The van der Waals surface area contributed by atoms with Crippen molar-refractivity contribution in [3.63, 3.8) is 0 Å². The second kappa shape index (κ2) is 4.98. The highest BCUT2D eigenvalue weighted by Crippen LogP contribution is 2.45. The van der Waals surface area contributed by atoms with E-state index in [4.69, 9.17) is 4.74 Å². The van der Waals surface area contributed by atoms with Crippen LogP contribution in [0.1, 0.15) is 49.9 Å². The van der Waals surface area contributed by atoms with E-state index >= 15 is 0 Å². The minimum atomic E-state index is 0.700. The first-order valence-electron chi connectivity index (χ1n) is 6.46. The Morgan fingerprint density at radius 1 is 1.29 bits per heavy atom. The quantitative estimate of drug-likeness (QED) is 0.553. The first-order valence-corrected chi connectivity index (χ1v) is 7.45. The lowest BCUT2D eigenvalue weighted by Crippen LogP contribution is -2.02. The van der Waals surface area contributed by atoms with Crippen molar-refractivity contribution < 1.29 is 4.74 Å². The standard InChI is InChI=1S/C12H19N3OS/c1-16-7-2-8-17-12-14-13-11(9-3-4-9)15(12)10-5-6-10/h9-10H,2-8H2,1H3. The Morgan fingerprint density at radius 3 is 2.76 bits per heavy atom. The van der Waals surface area contributed by atoms with Crippen LogP contribution in [0, 0.1) is 0 Å². The molecule has 0 saturated heterocycles. The largest absolute Gasteiger partial charge is 0.385 e. The lowest BCUT2D eigenvalue weighted by atomic mass is 10.4. The van der Waals surface area contributed by atoms with Gasteiger partial charge in [0.2, 0.25) is 0 Å². The highest BCUT2D eigenvalue weighted by molar-refractivity contribution is 7.99. The number of methoxy groups -OCH3 is 1. The van der Waals surface area contributed by atoms with Gasteiger partial charge < -0.3 is 9.30 Å². The van der Waals surface area contributed by atoms with Crippen molar-refractivity contribution in [1.29, 1.82) is 0 Å². The molecule has 2 aliphatic rings. The predicted molar refractivity (Wildman–Crippen MR) is 67.5 cm³/mol. The van der Waals surface area contributed by atoms with Crippen molar-refractivity contribution in [3.8, 4) is 0 Å². The Kier molecular flexibility index (Phi) is 3.38. The van der Waals surface area contributed by atoms with Gasteiger partial charge in [-0.05, 0) is 32.1 Å². The van der Waals surface area contributed by atoms with Crippen LogP contribution in [0.3, 0.4) is 0 Å². The Hall–Kier alpha value is -0.550. The molecule has 2 aliphatic carbocycles. The molecule has 1 heterocycles. The first-order chi connectivity index (χ1) is 8.40. The van der Waals surface area contributed by atoms with Gasteiger partial charge in [-0.1, -0.05) is 11.8 Å². The molecular formula is C12H19N3OS. The van der Waals surface area contributed by atoms with Crippen LogP contribution in [0.5, 0.6) is 0 Å². The predicted octanol–water partition coefficient (Wildman–Crippen LogP) is 2.62. The molecule has 2 fully saturated rings. The summed E-state index contributed by atoms with van der Waals surface area (Å²) in [6.45, 7) is 0.833. The van der Waals surface area contributed by atoms with Gasteiger partial charge >= 0.3 is 0 Å². The SMILES string of the molecule is COCCCSc1nnc(C2CC2)n1C1CC1. The van der Waals surface area contributed by atoms with Gasteiger partial charge in [0, 0.05) is 31.4 Å². The summed E-state index contributed by atoms with van der Waals surface area (Å²) in [7, 11) is 1.75. The molecule has 0 aromatic carbocycles. The molecule has 0 N–H and O–H groups in total. The fourth-order valence-electron chi connectivity index (χ4n) is 2.05. The molecule has 0 amide bonds. The van der Waals surface area contributed by atoms with E-state index in [1.165, 1.54) is 31.5 Å². The average molecular weight is 253 g/mol. The number of ether oxygens (including phenoxy) is 1. The zero-order chi connectivity index (χ0) is 11.7. The summed E-state index contributed by atoms with van der Waals surface area (Å²) in [6.07, 6.45) is 6.31. The monoisotopic (exact) mass is 253 g/mol. The molecule has 3 rings (SSSR count). The first kappa shape index (κ1) is 11.5. The van der Waals surface area contributed by atoms with Gasteiger partial charge in [0.15, 0.2) is 5.16 Å². The second-order valence-electron chi connectivity index (χ2n) is 4.91. The summed E-state index contributed by atoms with van der Waals surface area (Å²) in [5.41, 5.74) is 0. The smallest absolute Gasteiger partial charge is 0.191 e. The van der Waals surface area contributed by atoms with Crippen LogP contribution in [0.4, 0.5) is 0 Å². The van der Waals surface area contributed by atoms with E-state index in [2.05, 4.69) is 14.8 Å². The minimum Gasteiger partial charge on any atom is -0.385 e. The Morgan fingerprint density at radius 2 is 2.12 bits per heavy atom. The van der Waals surface area contributed by atoms with E-state index in [-0.39, 0.29) is 0 Å². The summed E-state index contributed by atoms with van der Waals surface area (Å²) in [6, 6.07) is 0.700. The Balaban J connectivity index is 1.66. The van der Waals surface area contributed by atoms with E-state index in [0.29, 0.717) is 12.0 Å². The summed E-state index contributed by atoms with van der Waals surface area (Å²) in [4.78, 5) is 0. The average Bonchev–Trinajstić information content (AvgIpc) is 3.23. The molecule has 5 heteroatoms. The van der Waals surface area contributed by atoms with Crippen LogP contribution in [-0.4, -0.2) is 34.2 Å². The van der Waals surface area contributed by atoms with Crippen molar-refractivity contribution in [2.45, 2.75) is 49.2 Å². The van der Waals surface area contributed by atoms with E-state index in [1.807, 2.05) is 11.8 Å². The summed E-state index contributed by atoms with van der Waals surface area (Å²) >= 11 is 1.83. The molecule has 1 aromatic rings. The molecule has 0 spiro atoms. The number of aromatic nitrogens is 3. The van der Waals surface area contributed by atoms with Gasteiger partial charge in [-0.15, -0.1) is 10.2 Å². The molecule has 0 aliphatic heterocycles. The molecule has 17 heavy (non-hydrogen) atoms. The van der Waals surface area contributed by atoms with Gasteiger partial charge in [0.25, 0.3) is 0 Å². The van der Waals surface area contributed by atoms with Crippen molar-refractivity contribution in [3.05, 3.63) is 5.82 Å².